The Morgan fingerprint density at radius 2 is 1.66 bits per heavy atom. The van der Waals surface area contributed by atoms with Crippen molar-refractivity contribution in [1.29, 1.82) is 0 Å². The number of urea groups is 1. The van der Waals surface area contributed by atoms with Crippen LogP contribution in [0.2, 0.25) is 0 Å². The molecule has 3 N–H and O–H groups in total. The van der Waals surface area contributed by atoms with Gasteiger partial charge < -0.3 is 20.7 Å². The second kappa shape index (κ2) is 12.5. The maximum Gasteiger partial charge on any atom is 0.320 e. The molecule has 4 amide bonds. The van der Waals surface area contributed by atoms with Crippen LogP contribution >= 0.6 is 0 Å². The van der Waals surface area contributed by atoms with E-state index in [1.807, 2.05) is 100 Å². The summed E-state index contributed by atoms with van der Waals surface area (Å²) < 4.78 is 5.51. The third-order valence-electron chi connectivity index (χ3n) is 7.37. The number of carbonyl (C=O) groups excluding carboxylic acids is 3. The lowest BCUT2D eigenvalue weighted by Gasteiger charge is -2.35. The minimum absolute atomic E-state index is 0.147. The van der Waals surface area contributed by atoms with Gasteiger partial charge in [0, 0.05) is 11.2 Å². The molecule has 1 heterocycles. The second-order valence-electron chi connectivity index (χ2n) is 11.7. The summed E-state index contributed by atoms with van der Waals surface area (Å²) in [6.45, 7) is 7.47. The minimum Gasteiger partial charge on any atom is -0.497 e. The maximum absolute atomic E-state index is 14.6. The number of benzene rings is 3. The molecule has 216 valence electrons. The predicted molar refractivity (Wildman–Crippen MR) is 161 cm³/mol. The molecule has 1 aliphatic heterocycles. The molecule has 3 aromatic carbocycles. The molecule has 3 atom stereocenters. The zero-order valence-electron chi connectivity index (χ0n) is 24.5. The number of hydrogen-bond acceptors (Lipinski definition) is 4. The molecule has 0 radical (unpaired) electrons. The highest BCUT2D eigenvalue weighted by Gasteiger charge is 2.43. The monoisotopic (exact) mass is 556 g/mol. The van der Waals surface area contributed by atoms with Gasteiger partial charge in [0.05, 0.1) is 13.2 Å². The molecule has 8 heteroatoms. The third-order valence-corrected chi connectivity index (χ3v) is 7.37. The number of ether oxygens (including phenoxy) is 1. The molecule has 8 nitrogen and oxygen atoms in total. The van der Waals surface area contributed by atoms with E-state index >= 15 is 0 Å². The van der Waals surface area contributed by atoms with E-state index in [0.717, 1.165) is 16.7 Å². The van der Waals surface area contributed by atoms with Crippen molar-refractivity contribution in [3.8, 4) is 5.75 Å². The summed E-state index contributed by atoms with van der Waals surface area (Å²) in [6.07, 6.45) is 0.867. The highest BCUT2D eigenvalue weighted by atomic mass is 16.5. The van der Waals surface area contributed by atoms with Crippen LogP contribution in [-0.4, -0.2) is 48.0 Å². The summed E-state index contributed by atoms with van der Waals surface area (Å²) >= 11 is 0. The first-order chi connectivity index (χ1) is 19.5. The van der Waals surface area contributed by atoms with E-state index in [1.165, 1.54) is 4.90 Å². The lowest BCUT2D eigenvalue weighted by atomic mass is 9.86. The van der Waals surface area contributed by atoms with Crippen molar-refractivity contribution in [3.05, 3.63) is 95.6 Å². The second-order valence-corrected chi connectivity index (χ2v) is 11.7. The average Bonchev–Trinajstić information content (AvgIpc) is 3.05. The molecule has 0 saturated carbocycles. The Labute approximate surface area is 242 Å². The van der Waals surface area contributed by atoms with Gasteiger partial charge in [-0.2, -0.15) is 0 Å². The van der Waals surface area contributed by atoms with Crippen LogP contribution in [0.1, 0.15) is 62.3 Å². The van der Waals surface area contributed by atoms with Gasteiger partial charge in [-0.05, 0) is 87.4 Å². The van der Waals surface area contributed by atoms with E-state index in [-0.39, 0.29) is 24.3 Å². The summed E-state index contributed by atoms with van der Waals surface area (Å²) in [5.41, 5.74) is 8.88. The molecule has 1 aliphatic rings. The number of amides is 4. The van der Waals surface area contributed by atoms with Crippen molar-refractivity contribution >= 4 is 23.5 Å². The molecular formula is C33H40N4O4. The first-order valence-electron chi connectivity index (χ1n) is 13.9. The van der Waals surface area contributed by atoms with E-state index in [1.54, 1.807) is 18.1 Å². The summed E-state index contributed by atoms with van der Waals surface area (Å²) in [5, 5.41) is 2.99. The smallest absolute Gasteiger partial charge is 0.320 e. The predicted octanol–water partition coefficient (Wildman–Crippen LogP) is 5.32. The molecule has 0 spiro atoms. The number of likely N-dealkylation sites (tertiary alicyclic amines) is 1. The highest BCUT2D eigenvalue weighted by Crippen LogP contribution is 2.41. The minimum atomic E-state index is -0.929. The number of rotatable bonds is 7. The fraction of sp³-hybridized carbons (Fsp3) is 0.364. The van der Waals surface area contributed by atoms with Gasteiger partial charge in [0.25, 0.3) is 0 Å². The van der Waals surface area contributed by atoms with Crippen molar-refractivity contribution in [2.45, 2.75) is 64.1 Å². The normalized spacial score (nSPS) is 19.3. The Balaban J connectivity index is 1.87. The van der Waals surface area contributed by atoms with E-state index in [0.29, 0.717) is 24.3 Å². The lowest BCUT2D eigenvalue weighted by Crippen LogP contribution is -2.55. The van der Waals surface area contributed by atoms with Gasteiger partial charge in [0.1, 0.15) is 18.3 Å². The zero-order chi connectivity index (χ0) is 29.7. The van der Waals surface area contributed by atoms with E-state index in [9.17, 15) is 14.4 Å². The fourth-order valence-corrected chi connectivity index (χ4v) is 5.62. The van der Waals surface area contributed by atoms with Gasteiger partial charge in [-0.15, -0.1) is 0 Å². The van der Waals surface area contributed by atoms with E-state index in [2.05, 4.69) is 5.32 Å². The molecule has 1 saturated heterocycles. The standard InChI is InChI=1S/C33H40N4O4/c1-22-11-9-15-26(17-22)37(32(34)40)29-20-25(24-14-10-16-27(18-24)41-5)19-28(23-12-7-6-8-13-23)36(31(29)39)21-30(38)35-33(2,3)4/h6-18,25,28-29H,19-21H2,1-5H3,(H2,34,40)(H,35,38). The van der Waals surface area contributed by atoms with Gasteiger partial charge in [-0.3, -0.25) is 14.5 Å². The zero-order valence-corrected chi connectivity index (χ0v) is 24.5. The van der Waals surface area contributed by atoms with Crippen molar-refractivity contribution in [2.75, 3.05) is 18.6 Å². The molecule has 41 heavy (non-hydrogen) atoms. The Morgan fingerprint density at radius 1 is 0.976 bits per heavy atom. The number of aryl methyl sites for hydroxylation is 1. The van der Waals surface area contributed by atoms with Crippen LogP contribution in [0.4, 0.5) is 10.5 Å². The summed E-state index contributed by atoms with van der Waals surface area (Å²) in [4.78, 5) is 44.0. The largest absolute Gasteiger partial charge is 0.497 e. The summed E-state index contributed by atoms with van der Waals surface area (Å²) in [7, 11) is 1.62. The van der Waals surface area contributed by atoms with Gasteiger partial charge >= 0.3 is 6.03 Å². The van der Waals surface area contributed by atoms with Gasteiger partial charge in [0.2, 0.25) is 11.8 Å². The van der Waals surface area contributed by atoms with Crippen molar-refractivity contribution < 1.29 is 19.1 Å². The SMILES string of the molecule is COc1cccc(C2CC(c3ccccc3)N(CC(=O)NC(C)(C)C)C(=O)C(N(C(N)=O)c3cccc(C)c3)C2)c1. The van der Waals surface area contributed by atoms with Crippen LogP contribution in [-0.2, 0) is 9.59 Å². The number of carbonyl (C=O) groups is 3. The maximum atomic E-state index is 14.6. The molecule has 3 aromatic rings. The number of nitrogens with zero attached hydrogens (tertiary/aromatic N) is 2. The van der Waals surface area contributed by atoms with E-state index < -0.39 is 23.7 Å². The fourth-order valence-electron chi connectivity index (χ4n) is 5.62. The van der Waals surface area contributed by atoms with Gasteiger partial charge in [-0.25, -0.2) is 4.79 Å². The van der Waals surface area contributed by atoms with Crippen molar-refractivity contribution in [2.24, 2.45) is 5.73 Å². The Kier molecular flexibility index (Phi) is 9.01. The molecule has 0 aromatic heterocycles. The molecule has 1 fully saturated rings. The molecule has 0 bridgehead atoms. The highest BCUT2D eigenvalue weighted by molar-refractivity contribution is 6.00. The van der Waals surface area contributed by atoms with Crippen LogP contribution < -0.4 is 20.7 Å². The Bertz CT molecular complexity index is 1390. The van der Waals surface area contributed by atoms with Crippen LogP contribution in [0.15, 0.2) is 78.9 Å². The number of nitrogens with one attached hydrogen (secondary N) is 1. The number of hydrogen-bond donors (Lipinski definition) is 2. The number of anilines is 1. The van der Waals surface area contributed by atoms with Crippen molar-refractivity contribution in [3.63, 3.8) is 0 Å². The molecule has 3 unspecified atom stereocenters. The average molecular weight is 557 g/mol. The van der Waals surface area contributed by atoms with Gasteiger partial charge in [-0.1, -0.05) is 54.6 Å². The van der Waals surface area contributed by atoms with E-state index in [4.69, 9.17) is 10.5 Å². The summed E-state index contributed by atoms with van der Waals surface area (Å²) in [6, 6.07) is 22.8. The molecule has 0 aliphatic carbocycles. The van der Waals surface area contributed by atoms with Crippen LogP contribution in [0, 0.1) is 6.92 Å². The number of nitrogens with two attached hydrogens (primary N) is 1. The van der Waals surface area contributed by atoms with Crippen LogP contribution in [0.25, 0.3) is 0 Å². The first kappa shape index (κ1) is 29.6. The molecule has 4 rings (SSSR count). The Hall–Kier alpha value is -4.33. The number of primary amides is 1. The quantitative estimate of drug-likeness (QED) is 0.411. The molecular weight excluding hydrogens is 516 g/mol. The first-order valence-corrected chi connectivity index (χ1v) is 13.9. The summed E-state index contributed by atoms with van der Waals surface area (Å²) in [5.74, 6) is -0.0375. The van der Waals surface area contributed by atoms with Crippen LogP contribution in [0.3, 0.4) is 0 Å². The van der Waals surface area contributed by atoms with Crippen molar-refractivity contribution in [1.82, 2.24) is 10.2 Å². The third kappa shape index (κ3) is 7.25. The lowest BCUT2D eigenvalue weighted by molar-refractivity contribution is -0.139. The Morgan fingerprint density at radius 3 is 2.29 bits per heavy atom. The van der Waals surface area contributed by atoms with Crippen LogP contribution in [0.5, 0.6) is 5.75 Å². The topological polar surface area (TPSA) is 105 Å². The number of methoxy groups -OCH3 is 1. The van der Waals surface area contributed by atoms with Gasteiger partial charge in [0.15, 0.2) is 0 Å².